The predicted molar refractivity (Wildman–Crippen MR) is 88.6 cm³/mol. The average Bonchev–Trinajstić information content (AvgIpc) is 2.82. The molecule has 1 atom stereocenters. The van der Waals surface area contributed by atoms with E-state index in [-0.39, 0.29) is 5.41 Å². The van der Waals surface area contributed by atoms with Gasteiger partial charge < -0.3 is 10.2 Å². The van der Waals surface area contributed by atoms with Crippen LogP contribution in [0.25, 0.3) is 0 Å². The van der Waals surface area contributed by atoms with Gasteiger partial charge in [0, 0.05) is 48.5 Å². The van der Waals surface area contributed by atoms with Crippen molar-refractivity contribution < 1.29 is 0 Å². The van der Waals surface area contributed by atoms with Gasteiger partial charge in [0.05, 0.1) is 0 Å². The maximum atomic E-state index is 3.63. The van der Waals surface area contributed by atoms with Crippen LogP contribution in [0.2, 0.25) is 0 Å². The minimum Gasteiger partial charge on any atom is -0.310 e. The van der Waals surface area contributed by atoms with Crippen molar-refractivity contribution in [2.24, 2.45) is 0 Å². The van der Waals surface area contributed by atoms with Crippen LogP contribution in [0, 0.1) is 0 Å². The van der Waals surface area contributed by atoms with Crippen LogP contribution >= 0.6 is 11.3 Å². The number of piperazine rings is 1. The van der Waals surface area contributed by atoms with Gasteiger partial charge in [0.15, 0.2) is 0 Å². The van der Waals surface area contributed by atoms with E-state index in [1.165, 1.54) is 29.4 Å². The van der Waals surface area contributed by atoms with E-state index in [4.69, 9.17) is 0 Å². The number of rotatable bonds is 4. The molecule has 114 valence electrons. The van der Waals surface area contributed by atoms with Crippen LogP contribution in [0.4, 0.5) is 0 Å². The third-order valence-electron chi connectivity index (χ3n) is 4.06. The fourth-order valence-corrected chi connectivity index (χ4v) is 3.59. The summed E-state index contributed by atoms with van der Waals surface area (Å²) in [5.74, 6) is 0. The summed E-state index contributed by atoms with van der Waals surface area (Å²) in [5.41, 5.74) is 0.273. The van der Waals surface area contributed by atoms with Crippen LogP contribution in [0.15, 0.2) is 12.1 Å². The van der Waals surface area contributed by atoms with Crippen LogP contribution in [-0.2, 0) is 12.0 Å². The third kappa shape index (κ3) is 4.29. The Morgan fingerprint density at radius 3 is 2.65 bits per heavy atom. The van der Waals surface area contributed by atoms with Gasteiger partial charge in [-0.15, -0.1) is 11.3 Å². The van der Waals surface area contributed by atoms with Crippen molar-refractivity contribution in [2.75, 3.05) is 40.3 Å². The number of nitrogens with zero attached hydrogens (tertiary/aromatic N) is 2. The molecule has 1 aromatic rings. The number of hydrogen-bond donors (Lipinski definition) is 1. The van der Waals surface area contributed by atoms with Gasteiger partial charge in [-0.2, -0.15) is 0 Å². The van der Waals surface area contributed by atoms with Gasteiger partial charge in [0.2, 0.25) is 0 Å². The van der Waals surface area contributed by atoms with Crippen molar-refractivity contribution in [1.29, 1.82) is 0 Å². The van der Waals surface area contributed by atoms with Crippen molar-refractivity contribution in [2.45, 2.75) is 38.8 Å². The molecule has 0 spiro atoms. The summed E-state index contributed by atoms with van der Waals surface area (Å²) in [4.78, 5) is 7.82. The minimum absolute atomic E-state index is 0.273. The molecule has 1 N–H and O–H groups in total. The highest BCUT2D eigenvalue weighted by atomic mass is 32.1. The predicted octanol–water partition coefficient (Wildman–Crippen LogP) is 2.38. The first-order valence-electron chi connectivity index (χ1n) is 7.55. The summed E-state index contributed by atoms with van der Waals surface area (Å²) >= 11 is 1.94. The molecule has 1 aliphatic rings. The fraction of sp³-hybridized carbons (Fsp3) is 0.750. The van der Waals surface area contributed by atoms with Crippen LogP contribution < -0.4 is 5.32 Å². The van der Waals surface area contributed by atoms with Gasteiger partial charge in [-0.3, -0.25) is 4.90 Å². The van der Waals surface area contributed by atoms with Crippen LogP contribution in [0.1, 0.15) is 30.5 Å². The standard InChI is InChI=1S/C16H29N3S/c1-16(2,3)15-7-6-14(20-15)11-17-10-13-12-18(4)8-9-19(13)5/h6-7,13,17H,8-12H2,1-5H3. The molecule has 1 aromatic heterocycles. The quantitative estimate of drug-likeness (QED) is 0.920. The Morgan fingerprint density at radius 1 is 1.25 bits per heavy atom. The normalized spacial score (nSPS) is 22.4. The zero-order chi connectivity index (χ0) is 14.8. The molecule has 0 bridgehead atoms. The molecule has 4 heteroatoms. The second-order valence-electron chi connectivity index (χ2n) is 7.04. The Labute approximate surface area is 128 Å². The summed E-state index contributed by atoms with van der Waals surface area (Å²) in [6.07, 6.45) is 0. The summed E-state index contributed by atoms with van der Waals surface area (Å²) in [5, 5.41) is 3.63. The summed E-state index contributed by atoms with van der Waals surface area (Å²) < 4.78 is 0. The highest BCUT2D eigenvalue weighted by Gasteiger charge is 2.21. The minimum atomic E-state index is 0.273. The van der Waals surface area contributed by atoms with Gasteiger partial charge >= 0.3 is 0 Å². The molecule has 1 saturated heterocycles. The van der Waals surface area contributed by atoms with Crippen molar-refractivity contribution in [3.05, 3.63) is 21.9 Å². The number of hydrogen-bond acceptors (Lipinski definition) is 4. The van der Waals surface area contributed by atoms with E-state index < -0.39 is 0 Å². The highest BCUT2D eigenvalue weighted by Crippen LogP contribution is 2.29. The zero-order valence-electron chi connectivity index (χ0n) is 13.6. The lowest BCUT2D eigenvalue weighted by molar-refractivity contribution is 0.113. The van der Waals surface area contributed by atoms with Crippen LogP contribution in [0.3, 0.4) is 0 Å². The molecule has 1 fully saturated rings. The van der Waals surface area contributed by atoms with Crippen LogP contribution in [0.5, 0.6) is 0 Å². The Balaban J connectivity index is 1.79. The number of likely N-dealkylation sites (N-methyl/N-ethyl adjacent to an activating group) is 2. The monoisotopic (exact) mass is 295 g/mol. The lowest BCUT2D eigenvalue weighted by Gasteiger charge is -2.37. The largest absolute Gasteiger partial charge is 0.310 e. The van der Waals surface area contributed by atoms with Gasteiger partial charge in [-0.05, 0) is 31.6 Å². The smallest absolute Gasteiger partial charge is 0.0345 e. The first kappa shape index (κ1) is 16.0. The third-order valence-corrected chi connectivity index (χ3v) is 5.57. The van der Waals surface area contributed by atoms with Gasteiger partial charge in [-0.1, -0.05) is 20.8 Å². The van der Waals surface area contributed by atoms with Crippen molar-refractivity contribution in [1.82, 2.24) is 15.1 Å². The molecule has 2 rings (SSSR count). The molecule has 2 heterocycles. The Hall–Kier alpha value is -0.420. The van der Waals surface area contributed by atoms with Crippen molar-refractivity contribution in [3.8, 4) is 0 Å². The Bertz CT molecular complexity index is 422. The molecule has 0 amide bonds. The zero-order valence-corrected chi connectivity index (χ0v) is 14.4. The molecule has 1 unspecified atom stereocenters. The average molecular weight is 295 g/mol. The molecule has 0 aliphatic carbocycles. The van der Waals surface area contributed by atoms with E-state index in [1.807, 2.05) is 11.3 Å². The number of thiophene rings is 1. The first-order valence-corrected chi connectivity index (χ1v) is 8.36. The SMILES string of the molecule is CN1CCN(C)C(CNCc2ccc(C(C)(C)C)s2)C1. The van der Waals surface area contributed by atoms with E-state index >= 15 is 0 Å². The second kappa shape index (κ2) is 6.56. The molecule has 0 radical (unpaired) electrons. The van der Waals surface area contributed by atoms with Gasteiger partial charge in [0.25, 0.3) is 0 Å². The van der Waals surface area contributed by atoms with E-state index in [2.05, 4.69) is 62.1 Å². The maximum absolute atomic E-state index is 3.63. The molecule has 3 nitrogen and oxygen atoms in total. The topological polar surface area (TPSA) is 18.5 Å². The van der Waals surface area contributed by atoms with Crippen LogP contribution in [-0.4, -0.2) is 56.1 Å². The first-order chi connectivity index (χ1) is 9.36. The molecule has 0 saturated carbocycles. The fourth-order valence-electron chi connectivity index (χ4n) is 2.56. The molecule has 20 heavy (non-hydrogen) atoms. The van der Waals surface area contributed by atoms with E-state index in [0.717, 1.165) is 13.1 Å². The van der Waals surface area contributed by atoms with E-state index in [1.54, 1.807) is 0 Å². The van der Waals surface area contributed by atoms with Gasteiger partial charge in [-0.25, -0.2) is 0 Å². The summed E-state index contributed by atoms with van der Waals surface area (Å²) in [7, 11) is 4.46. The molecular formula is C16H29N3S. The number of nitrogens with one attached hydrogen (secondary N) is 1. The maximum Gasteiger partial charge on any atom is 0.0345 e. The van der Waals surface area contributed by atoms with Gasteiger partial charge in [0.1, 0.15) is 0 Å². The molecule has 1 aliphatic heterocycles. The van der Waals surface area contributed by atoms with Crippen molar-refractivity contribution in [3.63, 3.8) is 0 Å². The van der Waals surface area contributed by atoms with Crippen molar-refractivity contribution >= 4 is 11.3 Å². The molecule has 0 aromatic carbocycles. The second-order valence-corrected chi connectivity index (χ2v) is 8.21. The highest BCUT2D eigenvalue weighted by molar-refractivity contribution is 7.12. The van der Waals surface area contributed by atoms with E-state index in [0.29, 0.717) is 6.04 Å². The summed E-state index contributed by atoms with van der Waals surface area (Å²) in [6.45, 7) is 12.4. The lowest BCUT2D eigenvalue weighted by atomic mass is 9.95. The summed E-state index contributed by atoms with van der Waals surface area (Å²) in [6, 6.07) is 5.19. The Kier molecular flexibility index (Phi) is 5.24. The molecular weight excluding hydrogens is 266 g/mol. The Morgan fingerprint density at radius 2 is 2.00 bits per heavy atom. The van der Waals surface area contributed by atoms with E-state index in [9.17, 15) is 0 Å². The lowest BCUT2D eigenvalue weighted by Crippen LogP contribution is -2.53.